The van der Waals surface area contributed by atoms with E-state index < -0.39 is 0 Å². The van der Waals surface area contributed by atoms with Crippen molar-refractivity contribution >= 4 is 24.3 Å². The zero-order valence-corrected chi connectivity index (χ0v) is 17.2. The van der Waals surface area contributed by atoms with Gasteiger partial charge in [-0.2, -0.15) is 0 Å². The first-order valence-electron chi connectivity index (χ1n) is 9.93. The van der Waals surface area contributed by atoms with Crippen molar-refractivity contribution < 1.29 is 4.74 Å². The summed E-state index contributed by atoms with van der Waals surface area (Å²) in [6.45, 7) is 10.3. The summed E-state index contributed by atoms with van der Waals surface area (Å²) in [4.78, 5) is 9.14. The monoisotopic (exact) mass is 398 g/mol. The van der Waals surface area contributed by atoms with Gasteiger partial charge >= 0.3 is 0 Å². The largest absolute Gasteiger partial charge is 0.379 e. The van der Waals surface area contributed by atoms with E-state index in [0.29, 0.717) is 19.0 Å². The highest BCUT2D eigenvalue weighted by atomic mass is 32.1. The molecular weight excluding hydrogens is 368 g/mol. The molecule has 6 heteroatoms. The molecule has 1 aliphatic carbocycles. The number of aliphatic imine (C=N–C) groups is 1. The van der Waals surface area contributed by atoms with Crippen molar-refractivity contribution in [1.29, 1.82) is 0 Å². The van der Waals surface area contributed by atoms with Gasteiger partial charge in [-0.1, -0.05) is 48.7 Å². The van der Waals surface area contributed by atoms with Gasteiger partial charge in [0.05, 0.1) is 24.6 Å². The van der Waals surface area contributed by atoms with E-state index in [1.807, 2.05) is 0 Å². The molecule has 3 rings (SSSR count). The van der Waals surface area contributed by atoms with Crippen LogP contribution < -0.4 is 5.32 Å². The second kappa shape index (κ2) is 11.2. The lowest BCUT2D eigenvalue weighted by atomic mass is 9.91. The molecule has 0 aromatic heterocycles. The molecule has 2 heterocycles. The van der Waals surface area contributed by atoms with Gasteiger partial charge in [-0.25, -0.2) is 0 Å². The highest BCUT2D eigenvalue weighted by Gasteiger charge is 2.21. The third kappa shape index (κ3) is 5.82. The van der Waals surface area contributed by atoms with Crippen LogP contribution in [0, 0.1) is 5.92 Å². The molecule has 28 heavy (non-hydrogen) atoms. The van der Waals surface area contributed by atoms with E-state index in [0.717, 1.165) is 51.5 Å². The molecule has 150 valence electrons. The molecule has 0 amide bonds. The van der Waals surface area contributed by atoms with Gasteiger partial charge in [0.2, 0.25) is 0 Å². The van der Waals surface area contributed by atoms with Crippen molar-refractivity contribution in [3.8, 4) is 0 Å². The van der Waals surface area contributed by atoms with Crippen LogP contribution in [0.2, 0.25) is 0 Å². The number of allylic oxidation sites excluding steroid dienone is 6. The maximum atomic E-state index is 5.52. The Balaban J connectivity index is 1.83. The van der Waals surface area contributed by atoms with Crippen LogP contribution in [0.5, 0.6) is 0 Å². The van der Waals surface area contributed by atoms with Crippen LogP contribution in [0.15, 0.2) is 64.6 Å². The lowest BCUT2D eigenvalue weighted by Crippen LogP contribution is -2.40. The standard InChI is InChI=1S/C22H30N4OS/c1-23-21(16-24-9-15-28)22(18-25-11-13-27-14-12-25)26-10-5-8-20(17-26)19-6-3-2-4-7-19/h2-6,8,15,17,19,24H,1,7,9-14,16,18H2. The van der Waals surface area contributed by atoms with Gasteiger partial charge in [-0.3, -0.25) is 9.89 Å². The Morgan fingerprint density at radius 2 is 2.18 bits per heavy atom. The molecule has 0 spiro atoms. The fourth-order valence-electron chi connectivity index (χ4n) is 3.63. The summed E-state index contributed by atoms with van der Waals surface area (Å²) in [5, 5.41) is 5.04. The van der Waals surface area contributed by atoms with Crippen LogP contribution in [0.3, 0.4) is 0 Å². The minimum atomic E-state index is 0.432. The average molecular weight is 399 g/mol. The number of rotatable bonds is 9. The van der Waals surface area contributed by atoms with E-state index in [9.17, 15) is 0 Å². The van der Waals surface area contributed by atoms with E-state index in [1.54, 1.807) is 5.37 Å². The lowest BCUT2D eigenvalue weighted by Gasteiger charge is -2.34. The molecule has 0 radical (unpaired) electrons. The summed E-state index contributed by atoms with van der Waals surface area (Å²) in [6.07, 6.45) is 16.6. The Morgan fingerprint density at radius 3 is 2.89 bits per heavy atom. The molecule has 0 aromatic rings. The fourth-order valence-corrected chi connectivity index (χ4v) is 3.75. The topological polar surface area (TPSA) is 40.1 Å². The average Bonchev–Trinajstić information content (AvgIpc) is 2.77. The number of ether oxygens (including phenoxy) is 1. The molecule has 2 aliphatic heterocycles. The van der Waals surface area contributed by atoms with E-state index in [-0.39, 0.29) is 0 Å². The van der Waals surface area contributed by atoms with Crippen molar-refractivity contribution in [2.75, 3.05) is 52.5 Å². The van der Waals surface area contributed by atoms with Crippen molar-refractivity contribution in [2.24, 2.45) is 10.9 Å². The number of nitrogens with zero attached hydrogens (tertiary/aromatic N) is 3. The van der Waals surface area contributed by atoms with Crippen molar-refractivity contribution in [3.05, 3.63) is 59.6 Å². The SMILES string of the molecule is C=NC(CNCC=S)=C(CN1CCOCC1)N1C=C(C2C=CC=CC2)C=CC1. The molecule has 1 unspecified atom stereocenters. The smallest absolute Gasteiger partial charge is 0.0742 e. The molecule has 1 atom stereocenters. The Hall–Kier alpha value is -1.86. The lowest BCUT2D eigenvalue weighted by molar-refractivity contribution is 0.0399. The minimum absolute atomic E-state index is 0.432. The quantitative estimate of drug-likeness (QED) is 0.367. The predicted molar refractivity (Wildman–Crippen MR) is 121 cm³/mol. The number of thiocarbonyl (C=S) groups is 1. The Kier molecular flexibility index (Phi) is 8.36. The predicted octanol–water partition coefficient (Wildman–Crippen LogP) is 2.71. The minimum Gasteiger partial charge on any atom is -0.379 e. The van der Waals surface area contributed by atoms with Crippen LogP contribution in [-0.2, 0) is 4.74 Å². The Bertz CT molecular complexity index is 701. The van der Waals surface area contributed by atoms with Crippen molar-refractivity contribution in [3.63, 3.8) is 0 Å². The second-order valence-corrected chi connectivity index (χ2v) is 7.41. The van der Waals surface area contributed by atoms with Gasteiger partial charge in [0.15, 0.2) is 0 Å². The summed E-state index contributed by atoms with van der Waals surface area (Å²) in [5.41, 5.74) is 3.51. The maximum absolute atomic E-state index is 5.52. The molecule has 1 saturated heterocycles. The van der Waals surface area contributed by atoms with Crippen LogP contribution in [0.25, 0.3) is 0 Å². The Labute approximate surface area is 173 Å². The van der Waals surface area contributed by atoms with E-state index >= 15 is 0 Å². The number of hydrogen-bond acceptors (Lipinski definition) is 6. The first-order chi connectivity index (χ1) is 13.8. The third-order valence-corrected chi connectivity index (χ3v) is 5.36. The van der Waals surface area contributed by atoms with E-state index in [1.165, 1.54) is 11.3 Å². The highest BCUT2D eigenvalue weighted by molar-refractivity contribution is 7.79. The molecule has 0 aromatic carbocycles. The summed E-state index contributed by atoms with van der Waals surface area (Å²) in [7, 11) is 0. The molecule has 0 saturated carbocycles. The molecule has 0 bridgehead atoms. The van der Waals surface area contributed by atoms with Crippen molar-refractivity contribution in [1.82, 2.24) is 15.1 Å². The molecule has 1 N–H and O–H groups in total. The maximum Gasteiger partial charge on any atom is 0.0742 e. The van der Waals surface area contributed by atoms with Gasteiger partial charge in [0.25, 0.3) is 0 Å². The van der Waals surface area contributed by atoms with Crippen LogP contribution in [0.1, 0.15) is 6.42 Å². The summed E-state index contributed by atoms with van der Waals surface area (Å²) >= 11 is 4.94. The van der Waals surface area contributed by atoms with Gasteiger partial charge in [0, 0.05) is 51.4 Å². The van der Waals surface area contributed by atoms with Crippen LogP contribution in [0.4, 0.5) is 0 Å². The molecule has 3 aliphatic rings. The van der Waals surface area contributed by atoms with Gasteiger partial charge in [-0.05, 0) is 24.1 Å². The highest BCUT2D eigenvalue weighted by Crippen LogP contribution is 2.27. The van der Waals surface area contributed by atoms with Gasteiger partial charge < -0.3 is 15.0 Å². The first-order valence-corrected chi connectivity index (χ1v) is 10.4. The van der Waals surface area contributed by atoms with Gasteiger partial charge in [0.1, 0.15) is 0 Å². The zero-order valence-electron chi connectivity index (χ0n) is 16.4. The second-order valence-electron chi connectivity index (χ2n) is 7.08. The zero-order chi connectivity index (χ0) is 19.6. The first kappa shape index (κ1) is 20.9. The van der Waals surface area contributed by atoms with Crippen molar-refractivity contribution in [2.45, 2.75) is 6.42 Å². The summed E-state index contributed by atoms with van der Waals surface area (Å²) < 4.78 is 5.52. The molecule has 1 fully saturated rings. The van der Waals surface area contributed by atoms with E-state index in [2.05, 4.69) is 69.5 Å². The van der Waals surface area contributed by atoms with Gasteiger partial charge in [-0.15, -0.1) is 0 Å². The number of hydrogen-bond donors (Lipinski definition) is 1. The Morgan fingerprint density at radius 1 is 1.32 bits per heavy atom. The fraction of sp³-hybridized carbons (Fsp3) is 0.455. The van der Waals surface area contributed by atoms with Crippen LogP contribution in [-0.4, -0.2) is 74.4 Å². The summed E-state index contributed by atoms with van der Waals surface area (Å²) in [6, 6.07) is 0. The third-order valence-electron chi connectivity index (χ3n) is 5.19. The van der Waals surface area contributed by atoms with E-state index in [4.69, 9.17) is 17.0 Å². The molecule has 5 nitrogen and oxygen atoms in total. The number of nitrogens with one attached hydrogen (secondary N) is 1. The normalized spacial score (nSPS) is 23.4. The van der Waals surface area contributed by atoms with Crippen LogP contribution >= 0.6 is 12.2 Å². The summed E-state index contributed by atoms with van der Waals surface area (Å²) in [5.74, 6) is 0.432. The molecular formula is C22H30N4OS. The number of morpholine rings is 1.